The molecule has 2 saturated heterocycles. The molecule has 3 fully saturated rings. The topological polar surface area (TPSA) is 45.9 Å². The highest BCUT2D eigenvalue weighted by Crippen LogP contribution is 2.43. The minimum atomic E-state index is 0.0639. The predicted octanol–water partition coefficient (Wildman–Crippen LogP) is 4.00. The largest absolute Gasteiger partial charge is 0.464 e. The standard InChI is InChI=1S/C24H32N2O3/c1-25(23(27)15-18-17-28-22-8-3-2-7-19(18)22)20-9-11-24(10-6-14-29-24)16-21(20)26-12-4-5-13-26/h2-3,7-8,17,20-21H,4-6,9-16H2,1H3/t20-,21-,24-/m1/s1. The zero-order valence-corrected chi connectivity index (χ0v) is 17.4. The quantitative estimate of drug-likeness (QED) is 0.784. The van der Waals surface area contributed by atoms with Crippen molar-refractivity contribution in [3.8, 4) is 0 Å². The Kier molecular flexibility index (Phi) is 5.12. The van der Waals surface area contributed by atoms with Crippen LogP contribution >= 0.6 is 0 Å². The lowest BCUT2D eigenvalue weighted by Gasteiger charge is -2.48. The fraction of sp³-hybridized carbons (Fsp3) is 0.625. The SMILES string of the molecule is CN(C(=O)Cc1coc2ccccc12)[C@@H]1CC[C@]2(CCCO2)C[C@H]1N1CCCC1. The van der Waals surface area contributed by atoms with Crippen LogP contribution in [0.2, 0.25) is 0 Å². The van der Waals surface area contributed by atoms with E-state index < -0.39 is 0 Å². The van der Waals surface area contributed by atoms with Gasteiger partial charge in [0.25, 0.3) is 0 Å². The second kappa shape index (κ2) is 7.77. The molecular formula is C24H32N2O3. The molecule has 3 aliphatic rings. The second-order valence-corrected chi connectivity index (χ2v) is 9.19. The first kappa shape index (κ1) is 19.1. The van der Waals surface area contributed by atoms with Gasteiger partial charge in [-0.1, -0.05) is 18.2 Å². The molecule has 0 N–H and O–H groups in total. The summed E-state index contributed by atoms with van der Waals surface area (Å²) < 4.78 is 11.9. The molecule has 5 rings (SSSR count). The Morgan fingerprint density at radius 3 is 2.83 bits per heavy atom. The van der Waals surface area contributed by atoms with Crippen LogP contribution in [0.3, 0.4) is 0 Å². The molecular weight excluding hydrogens is 364 g/mol. The molecule has 1 aromatic heterocycles. The van der Waals surface area contributed by atoms with Gasteiger partial charge >= 0.3 is 0 Å². The van der Waals surface area contributed by atoms with Gasteiger partial charge in [0.15, 0.2) is 0 Å². The van der Waals surface area contributed by atoms with Gasteiger partial charge in [0, 0.05) is 36.7 Å². The van der Waals surface area contributed by atoms with E-state index in [1.54, 1.807) is 6.26 Å². The van der Waals surface area contributed by atoms with Crippen molar-refractivity contribution < 1.29 is 13.9 Å². The molecule has 1 spiro atoms. The molecule has 0 unspecified atom stereocenters. The molecule has 1 saturated carbocycles. The third-order valence-corrected chi connectivity index (χ3v) is 7.51. The van der Waals surface area contributed by atoms with E-state index in [1.807, 2.05) is 36.2 Å². The van der Waals surface area contributed by atoms with Crippen molar-refractivity contribution in [2.45, 2.75) is 69.1 Å². The van der Waals surface area contributed by atoms with Crippen LogP contribution in [0.15, 0.2) is 34.9 Å². The summed E-state index contributed by atoms with van der Waals surface area (Å²) in [4.78, 5) is 17.9. The Bertz CT molecular complexity index is 864. The van der Waals surface area contributed by atoms with Crippen molar-refractivity contribution in [1.29, 1.82) is 0 Å². The first-order valence-electron chi connectivity index (χ1n) is 11.2. The highest BCUT2D eigenvalue weighted by molar-refractivity contribution is 5.87. The van der Waals surface area contributed by atoms with Gasteiger partial charge in [-0.2, -0.15) is 0 Å². The number of para-hydroxylation sites is 1. The number of fused-ring (bicyclic) bond motifs is 1. The highest BCUT2D eigenvalue weighted by Gasteiger charge is 2.47. The Hall–Kier alpha value is -1.85. The van der Waals surface area contributed by atoms with Crippen LogP contribution in [0, 0.1) is 0 Å². The summed E-state index contributed by atoms with van der Waals surface area (Å²) >= 11 is 0. The summed E-state index contributed by atoms with van der Waals surface area (Å²) in [5.74, 6) is 0.189. The summed E-state index contributed by atoms with van der Waals surface area (Å²) in [5.41, 5.74) is 1.90. The van der Waals surface area contributed by atoms with Gasteiger partial charge in [0.05, 0.1) is 18.3 Å². The lowest BCUT2D eigenvalue weighted by Crippen LogP contribution is -2.58. The van der Waals surface area contributed by atoms with Gasteiger partial charge in [-0.05, 0) is 64.1 Å². The van der Waals surface area contributed by atoms with Crippen molar-refractivity contribution >= 4 is 16.9 Å². The Morgan fingerprint density at radius 2 is 2.03 bits per heavy atom. The number of ether oxygens (including phenoxy) is 1. The summed E-state index contributed by atoms with van der Waals surface area (Å²) in [6.45, 7) is 3.22. The lowest BCUT2D eigenvalue weighted by atomic mass is 9.76. The number of carbonyl (C=O) groups excluding carboxylic acids is 1. The number of hydrogen-bond acceptors (Lipinski definition) is 4. The van der Waals surface area contributed by atoms with E-state index in [9.17, 15) is 4.79 Å². The third kappa shape index (κ3) is 3.59. The molecule has 1 aromatic carbocycles. The molecule has 156 valence electrons. The highest BCUT2D eigenvalue weighted by atomic mass is 16.5. The maximum Gasteiger partial charge on any atom is 0.227 e. The minimum Gasteiger partial charge on any atom is -0.464 e. The molecule has 2 aliphatic heterocycles. The smallest absolute Gasteiger partial charge is 0.227 e. The average molecular weight is 397 g/mol. The number of furan rings is 1. The third-order valence-electron chi connectivity index (χ3n) is 7.51. The van der Waals surface area contributed by atoms with Gasteiger partial charge in [-0.25, -0.2) is 0 Å². The molecule has 0 bridgehead atoms. The molecule has 3 atom stereocenters. The van der Waals surface area contributed by atoms with Crippen molar-refractivity contribution in [3.63, 3.8) is 0 Å². The monoisotopic (exact) mass is 396 g/mol. The van der Waals surface area contributed by atoms with Crippen LogP contribution in [0.25, 0.3) is 11.0 Å². The maximum atomic E-state index is 13.3. The zero-order chi connectivity index (χ0) is 19.8. The number of rotatable bonds is 4. The first-order valence-corrected chi connectivity index (χ1v) is 11.2. The van der Waals surface area contributed by atoms with Crippen molar-refractivity contribution in [2.75, 3.05) is 26.7 Å². The van der Waals surface area contributed by atoms with Crippen molar-refractivity contribution in [1.82, 2.24) is 9.80 Å². The number of carbonyl (C=O) groups is 1. The fourth-order valence-electron chi connectivity index (χ4n) is 5.88. The van der Waals surface area contributed by atoms with Crippen LogP contribution in [0.5, 0.6) is 0 Å². The predicted molar refractivity (Wildman–Crippen MR) is 113 cm³/mol. The Balaban J connectivity index is 1.34. The Morgan fingerprint density at radius 1 is 1.21 bits per heavy atom. The fourth-order valence-corrected chi connectivity index (χ4v) is 5.88. The van der Waals surface area contributed by atoms with Crippen molar-refractivity contribution in [2.24, 2.45) is 0 Å². The van der Waals surface area contributed by atoms with Crippen LogP contribution in [0.1, 0.15) is 50.5 Å². The van der Waals surface area contributed by atoms with Gasteiger partial charge < -0.3 is 14.1 Å². The molecule has 1 amide bonds. The van der Waals surface area contributed by atoms with Gasteiger partial charge in [0.2, 0.25) is 5.91 Å². The molecule has 29 heavy (non-hydrogen) atoms. The van der Waals surface area contributed by atoms with E-state index in [4.69, 9.17) is 9.15 Å². The lowest BCUT2D eigenvalue weighted by molar-refractivity contribution is -0.136. The molecule has 5 nitrogen and oxygen atoms in total. The summed E-state index contributed by atoms with van der Waals surface area (Å²) in [7, 11) is 2.01. The van der Waals surface area contributed by atoms with Crippen LogP contribution in [-0.2, 0) is 16.0 Å². The van der Waals surface area contributed by atoms with E-state index in [0.29, 0.717) is 12.5 Å². The van der Waals surface area contributed by atoms with Crippen LogP contribution in [0.4, 0.5) is 0 Å². The molecule has 1 aliphatic carbocycles. The number of likely N-dealkylation sites (tertiary alicyclic amines) is 1. The molecule has 0 radical (unpaired) electrons. The van der Waals surface area contributed by atoms with E-state index in [0.717, 1.165) is 55.5 Å². The molecule has 3 heterocycles. The van der Waals surface area contributed by atoms with E-state index in [2.05, 4.69) is 4.90 Å². The van der Waals surface area contributed by atoms with Crippen molar-refractivity contribution in [3.05, 3.63) is 36.1 Å². The maximum absolute atomic E-state index is 13.3. The van der Waals surface area contributed by atoms with E-state index in [1.165, 1.54) is 25.7 Å². The zero-order valence-electron chi connectivity index (χ0n) is 17.4. The number of hydrogen-bond donors (Lipinski definition) is 0. The summed E-state index contributed by atoms with van der Waals surface area (Å²) in [6.07, 6.45) is 10.2. The second-order valence-electron chi connectivity index (χ2n) is 9.19. The molecule has 2 aromatic rings. The first-order chi connectivity index (χ1) is 14.2. The normalized spacial score (nSPS) is 30.4. The van der Waals surface area contributed by atoms with Crippen LogP contribution in [-0.4, -0.2) is 60.1 Å². The summed E-state index contributed by atoms with van der Waals surface area (Å²) in [5, 5.41) is 1.05. The average Bonchev–Trinajstić information content (AvgIpc) is 3.50. The van der Waals surface area contributed by atoms with E-state index >= 15 is 0 Å². The number of benzene rings is 1. The van der Waals surface area contributed by atoms with Gasteiger partial charge in [0.1, 0.15) is 5.58 Å². The summed E-state index contributed by atoms with van der Waals surface area (Å²) in [6, 6.07) is 8.65. The molecule has 5 heteroatoms. The van der Waals surface area contributed by atoms with Gasteiger partial charge in [-0.15, -0.1) is 0 Å². The van der Waals surface area contributed by atoms with E-state index in [-0.39, 0.29) is 17.6 Å². The number of nitrogens with zero attached hydrogens (tertiary/aromatic N) is 2. The van der Waals surface area contributed by atoms with Crippen LogP contribution < -0.4 is 0 Å². The number of likely N-dealkylation sites (N-methyl/N-ethyl adjacent to an activating group) is 1. The van der Waals surface area contributed by atoms with Gasteiger partial charge in [-0.3, -0.25) is 9.69 Å². The Labute approximate surface area is 173 Å². The number of amides is 1. The minimum absolute atomic E-state index is 0.0639.